The second kappa shape index (κ2) is 4.67. The van der Waals surface area contributed by atoms with E-state index in [9.17, 15) is 9.18 Å². The Labute approximate surface area is 114 Å². The van der Waals surface area contributed by atoms with Crippen LogP contribution in [-0.2, 0) is 0 Å². The molecule has 0 spiro atoms. The molecule has 0 unspecified atom stereocenters. The van der Waals surface area contributed by atoms with Crippen LogP contribution in [0.25, 0.3) is 22.3 Å². The zero-order valence-electron chi connectivity index (χ0n) is 10.3. The van der Waals surface area contributed by atoms with E-state index in [0.717, 1.165) is 21.6 Å². The van der Waals surface area contributed by atoms with E-state index >= 15 is 0 Å². The predicted octanol–water partition coefficient (Wildman–Crippen LogP) is 4.12. The van der Waals surface area contributed by atoms with Crippen molar-refractivity contribution in [2.45, 2.75) is 4.90 Å². The summed E-state index contributed by atoms with van der Waals surface area (Å²) < 4.78 is 12.9. The summed E-state index contributed by atoms with van der Waals surface area (Å²) in [4.78, 5) is 13.1. The number of halogens is 1. The maximum absolute atomic E-state index is 12.9. The Bertz CT molecular complexity index is 736. The van der Waals surface area contributed by atoms with Crippen LogP contribution in [0.1, 0.15) is 0 Å². The third-order valence-corrected chi connectivity index (χ3v) is 3.95. The van der Waals surface area contributed by atoms with E-state index in [0.29, 0.717) is 5.56 Å². The Balaban J connectivity index is 2.06. The van der Waals surface area contributed by atoms with Crippen LogP contribution in [-0.4, -0.2) is 6.26 Å². The summed E-state index contributed by atoms with van der Waals surface area (Å²) in [5.41, 5.74) is 3.29. The molecule has 0 aromatic heterocycles. The molecule has 3 aromatic rings. The van der Waals surface area contributed by atoms with Gasteiger partial charge in [-0.3, -0.25) is 4.79 Å². The molecule has 3 rings (SSSR count). The van der Waals surface area contributed by atoms with Gasteiger partial charge in [0.15, 0.2) is 5.43 Å². The first-order valence-corrected chi connectivity index (χ1v) is 7.13. The van der Waals surface area contributed by atoms with Crippen LogP contribution in [0.4, 0.5) is 4.39 Å². The van der Waals surface area contributed by atoms with Crippen molar-refractivity contribution in [2.75, 3.05) is 6.26 Å². The van der Waals surface area contributed by atoms with Crippen LogP contribution in [0.15, 0.2) is 58.2 Å². The first-order chi connectivity index (χ1) is 9.22. The maximum Gasteiger partial charge on any atom is 0.195 e. The molecule has 0 radical (unpaired) electrons. The van der Waals surface area contributed by atoms with Crippen LogP contribution >= 0.6 is 11.8 Å². The lowest BCUT2D eigenvalue weighted by atomic mass is 10.1. The van der Waals surface area contributed by atoms with Crippen LogP contribution < -0.4 is 5.43 Å². The van der Waals surface area contributed by atoms with Crippen molar-refractivity contribution in [1.29, 1.82) is 0 Å². The molecule has 94 valence electrons. The lowest BCUT2D eigenvalue weighted by molar-refractivity contribution is 0.628. The van der Waals surface area contributed by atoms with Crippen molar-refractivity contribution in [3.63, 3.8) is 0 Å². The first-order valence-electron chi connectivity index (χ1n) is 5.90. The topological polar surface area (TPSA) is 17.1 Å². The lowest BCUT2D eigenvalue weighted by Crippen LogP contribution is -1.80. The SMILES string of the molecule is CSc1ccccc1-c1c(-c2ccc(F)cc2)c1=O. The van der Waals surface area contributed by atoms with Crippen molar-refractivity contribution in [3.8, 4) is 22.3 Å². The van der Waals surface area contributed by atoms with Gasteiger partial charge in [-0.25, -0.2) is 4.39 Å². The van der Waals surface area contributed by atoms with Gasteiger partial charge in [-0.2, -0.15) is 0 Å². The molecule has 0 atom stereocenters. The molecule has 0 amide bonds. The average Bonchev–Trinajstić information content (AvgIpc) is 3.11. The summed E-state index contributed by atoms with van der Waals surface area (Å²) in [6, 6.07) is 13.9. The van der Waals surface area contributed by atoms with Crippen molar-refractivity contribution in [3.05, 3.63) is 64.6 Å². The van der Waals surface area contributed by atoms with Gasteiger partial charge >= 0.3 is 0 Å². The molecule has 3 aromatic carbocycles. The minimum Gasteiger partial charge on any atom is -0.289 e. The Morgan fingerprint density at radius 2 is 1.63 bits per heavy atom. The van der Waals surface area contributed by atoms with E-state index in [4.69, 9.17) is 0 Å². The van der Waals surface area contributed by atoms with E-state index in [2.05, 4.69) is 0 Å². The predicted molar refractivity (Wildman–Crippen MR) is 77.7 cm³/mol. The molecule has 0 aliphatic heterocycles. The smallest absolute Gasteiger partial charge is 0.195 e. The quantitative estimate of drug-likeness (QED) is 0.666. The zero-order valence-corrected chi connectivity index (χ0v) is 11.1. The number of rotatable bonds is 3. The summed E-state index contributed by atoms with van der Waals surface area (Å²) in [7, 11) is 0. The van der Waals surface area contributed by atoms with E-state index in [1.807, 2.05) is 30.5 Å². The molecule has 0 fully saturated rings. The highest BCUT2D eigenvalue weighted by Gasteiger charge is 2.26. The van der Waals surface area contributed by atoms with Crippen molar-refractivity contribution >= 4 is 11.8 Å². The largest absolute Gasteiger partial charge is 0.289 e. The molecule has 0 N–H and O–H groups in total. The van der Waals surface area contributed by atoms with Gasteiger partial charge < -0.3 is 0 Å². The van der Waals surface area contributed by atoms with Crippen molar-refractivity contribution in [1.82, 2.24) is 0 Å². The summed E-state index contributed by atoms with van der Waals surface area (Å²) in [6.45, 7) is 0. The second-order valence-corrected chi connectivity index (χ2v) is 5.13. The van der Waals surface area contributed by atoms with Gasteiger partial charge in [0.1, 0.15) is 5.82 Å². The fraction of sp³-hybridized carbons (Fsp3) is 0.0625. The fourth-order valence-electron chi connectivity index (χ4n) is 2.17. The molecule has 0 aliphatic rings. The average molecular weight is 270 g/mol. The monoisotopic (exact) mass is 270 g/mol. The first kappa shape index (κ1) is 12.2. The summed E-state index contributed by atoms with van der Waals surface area (Å²) in [5.74, 6) is -0.288. The van der Waals surface area contributed by atoms with Gasteiger partial charge in [-0.05, 0) is 35.6 Å². The molecule has 0 heterocycles. The number of hydrogen-bond acceptors (Lipinski definition) is 2. The molecule has 0 saturated carbocycles. The van der Waals surface area contributed by atoms with Gasteiger partial charge in [-0.1, -0.05) is 30.3 Å². The Hall–Kier alpha value is -1.87. The normalized spacial score (nSPS) is 11.1. The van der Waals surface area contributed by atoms with E-state index < -0.39 is 0 Å². The van der Waals surface area contributed by atoms with Gasteiger partial charge in [0.05, 0.1) is 0 Å². The molecule has 0 bridgehead atoms. The van der Waals surface area contributed by atoms with Crippen LogP contribution in [0.5, 0.6) is 0 Å². The molecule has 0 saturated heterocycles. The van der Waals surface area contributed by atoms with E-state index in [1.165, 1.54) is 12.1 Å². The van der Waals surface area contributed by atoms with Crippen LogP contribution in [0, 0.1) is 5.82 Å². The minimum absolute atomic E-state index is 0.0631. The number of hydrogen-bond donors (Lipinski definition) is 0. The highest BCUT2D eigenvalue weighted by Crippen LogP contribution is 2.38. The summed E-state index contributed by atoms with van der Waals surface area (Å²) >= 11 is 1.62. The van der Waals surface area contributed by atoms with E-state index in [-0.39, 0.29) is 11.2 Å². The van der Waals surface area contributed by atoms with Crippen molar-refractivity contribution in [2.24, 2.45) is 0 Å². The van der Waals surface area contributed by atoms with Gasteiger partial charge in [0.2, 0.25) is 0 Å². The fourth-order valence-corrected chi connectivity index (χ4v) is 2.78. The number of thioether (sulfide) groups is 1. The Morgan fingerprint density at radius 1 is 0.947 bits per heavy atom. The summed E-state index contributed by atoms with van der Waals surface area (Å²) in [6.07, 6.45) is 1.99. The van der Waals surface area contributed by atoms with Gasteiger partial charge in [0, 0.05) is 16.0 Å². The number of benzene rings is 2. The van der Waals surface area contributed by atoms with E-state index in [1.54, 1.807) is 23.9 Å². The zero-order chi connectivity index (χ0) is 13.4. The van der Waals surface area contributed by atoms with Crippen LogP contribution in [0.2, 0.25) is 0 Å². The molecular formula is C16H11FOS. The Kier molecular flexibility index (Phi) is 2.99. The molecule has 3 heteroatoms. The standard InChI is InChI=1S/C16H11FOS/c1-19-13-5-3-2-4-12(13)15-14(16(15)18)10-6-8-11(17)9-7-10/h2-9H,1H3. The third-order valence-electron chi connectivity index (χ3n) is 3.15. The van der Waals surface area contributed by atoms with Gasteiger partial charge in [-0.15, -0.1) is 11.8 Å². The minimum atomic E-state index is -0.288. The molecular weight excluding hydrogens is 259 g/mol. The summed E-state index contributed by atoms with van der Waals surface area (Å²) in [5, 5.41) is 0. The van der Waals surface area contributed by atoms with Crippen LogP contribution in [0.3, 0.4) is 0 Å². The molecule has 0 aliphatic carbocycles. The maximum atomic E-state index is 12.9. The highest BCUT2D eigenvalue weighted by molar-refractivity contribution is 7.98. The lowest BCUT2D eigenvalue weighted by Gasteiger charge is -2.01. The second-order valence-electron chi connectivity index (χ2n) is 4.29. The van der Waals surface area contributed by atoms with Crippen molar-refractivity contribution < 1.29 is 4.39 Å². The molecule has 19 heavy (non-hydrogen) atoms. The third kappa shape index (κ3) is 2.10. The van der Waals surface area contributed by atoms with Gasteiger partial charge in [0.25, 0.3) is 0 Å². The molecule has 1 nitrogen and oxygen atoms in total. The highest BCUT2D eigenvalue weighted by atomic mass is 32.2. The Morgan fingerprint density at radius 3 is 2.32 bits per heavy atom.